The average Bonchev–Trinajstić information content (AvgIpc) is 2.37. The quantitative estimate of drug-likeness (QED) is 0.754. The van der Waals surface area contributed by atoms with Crippen molar-refractivity contribution in [1.29, 1.82) is 0 Å². The lowest BCUT2D eigenvalue weighted by atomic mass is 10.3. The summed E-state index contributed by atoms with van der Waals surface area (Å²) in [6.07, 6.45) is 0. The molecule has 106 valence electrons. The Morgan fingerprint density at radius 2 is 1.84 bits per heavy atom. The van der Waals surface area contributed by atoms with E-state index in [4.69, 9.17) is 9.47 Å². The van der Waals surface area contributed by atoms with Crippen LogP contribution in [0.1, 0.15) is 13.8 Å². The highest BCUT2D eigenvalue weighted by Gasteiger charge is 2.12. The summed E-state index contributed by atoms with van der Waals surface area (Å²) in [5.41, 5.74) is 0. The largest absolute Gasteiger partial charge is 0.482 e. The first-order chi connectivity index (χ1) is 8.99. The number of benzene rings is 1. The van der Waals surface area contributed by atoms with E-state index in [0.29, 0.717) is 18.9 Å². The summed E-state index contributed by atoms with van der Waals surface area (Å²) in [6, 6.07) is 5.81. The van der Waals surface area contributed by atoms with Crippen LogP contribution in [0.3, 0.4) is 0 Å². The molecular formula is C12H17NO5S. The van der Waals surface area contributed by atoms with Gasteiger partial charge in [-0.1, -0.05) is 6.92 Å². The fraction of sp³-hybridized carbons (Fsp3) is 0.417. The Labute approximate surface area is 112 Å². The molecule has 1 aromatic rings. The Hall–Kier alpha value is -1.60. The third-order valence-corrected chi connectivity index (χ3v) is 3.69. The van der Waals surface area contributed by atoms with Gasteiger partial charge in [0, 0.05) is 6.54 Å². The minimum atomic E-state index is -3.46. The number of hydrogen-bond acceptors (Lipinski definition) is 5. The number of carbonyl (C=O) groups excluding carboxylic acids is 1. The molecule has 0 aliphatic heterocycles. The van der Waals surface area contributed by atoms with E-state index in [0.717, 1.165) is 0 Å². The summed E-state index contributed by atoms with van der Waals surface area (Å²) in [6.45, 7) is 3.82. The zero-order valence-electron chi connectivity index (χ0n) is 10.9. The molecule has 6 nitrogen and oxygen atoms in total. The van der Waals surface area contributed by atoms with Crippen LogP contribution in [0.4, 0.5) is 0 Å². The smallest absolute Gasteiger partial charge is 0.344 e. The van der Waals surface area contributed by atoms with Crippen LogP contribution >= 0.6 is 0 Å². The van der Waals surface area contributed by atoms with Gasteiger partial charge in [0.1, 0.15) is 5.75 Å². The maximum absolute atomic E-state index is 11.7. The minimum Gasteiger partial charge on any atom is -0.482 e. The molecule has 0 radical (unpaired) electrons. The number of rotatable bonds is 7. The first-order valence-corrected chi connectivity index (χ1v) is 7.36. The predicted molar refractivity (Wildman–Crippen MR) is 69.4 cm³/mol. The van der Waals surface area contributed by atoms with E-state index in [1.54, 1.807) is 13.8 Å². The summed E-state index contributed by atoms with van der Waals surface area (Å²) >= 11 is 0. The minimum absolute atomic E-state index is 0.151. The molecule has 0 saturated heterocycles. The fourth-order valence-corrected chi connectivity index (χ4v) is 2.37. The highest BCUT2D eigenvalue weighted by atomic mass is 32.2. The second-order valence-electron chi connectivity index (χ2n) is 3.57. The average molecular weight is 287 g/mol. The Bertz CT molecular complexity index is 509. The van der Waals surface area contributed by atoms with Crippen LogP contribution in [0.25, 0.3) is 0 Å². The van der Waals surface area contributed by atoms with Crippen LogP contribution in [-0.2, 0) is 19.6 Å². The van der Waals surface area contributed by atoms with Gasteiger partial charge in [0.2, 0.25) is 10.0 Å². The van der Waals surface area contributed by atoms with Crippen molar-refractivity contribution in [3.8, 4) is 5.75 Å². The molecule has 0 fully saturated rings. The van der Waals surface area contributed by atoms with E-state index in [-0.39, 0.29) is 11.5 Å². The first kappa shape index (κ1) is 15.5. The van der Waals surface area contributed by atoms with E-state index in [1.165, 1.54) is 24.3 Å². The van der Waals surface area contributed by atoms with Gasteiger partial charge in [-0.25, -0.2) is 17.9 Å². The van der Waals surface area contributed by atoms with Crippen molar-refractivity contribution in [3.63, 3.8) is 0 Å². The van der Waals surface area contributed by atoms with Crippen molar-refractivity contribution < 1.29 is 22.7 Å². The van der Waals surface area contributed by atoms with Crippen molar-refractivity contribution in [2.24, 2.45) is 0 Å². The van der Waals surface area contributed by atoms with Crippen molar-refractivity contribution in [2.75, 3.05) is 19.8 Å². The Kier molecular flexibility index (Phi) is 5.78. The summed E-state index contributed by atoms with van der Waals surface area (Å²) in [7, 11) is -3.46. The lowest BCUT2D eigenvalue weighted by Crippen LogP contribution is -2.23. The van der Waals surface area contributed by atoms with Crippen LogP contribution < -0.4 is 9.46 Å². The molecule has 0 spiro atoms. The van der Waals surface area contributed by atoms with Gasteiger partial charge < -0.3 is 9.47 Å². The standard InChI is InChI=1S/C12H17NO5S/c1-3-13-19(15,16)11-7-5-10(6-8-11)18-9-12(14)17-4-2/h5-8,13H,3-4,9H2,1-2H3. The summed E-state index contributed by atoms with van der Waals surface area (Å²) in [5.74, 6) is -0.0599. The molecule has 0 bridgehead atoms. The summed E-state index contributed by atoms with van der Waals surface area (Å²) in [4.78, 5) is 11.2. The van der Waals surface area contributed by atoms with Crippen LogP contribution in [0.5, 0.6) is 5.75 Å². The van der Waals surface area contributed by atoms with Crippen molar-refractivity contribution >= 4 is 16.0 Å². The highest BCUT2D eigenvalue weighted by molar-refractivity contribution is 7.89. The van der Waals surface area contributed by atoms with Crippen molar-refractivity contribution in [1.82, 2.24) is 4.72 Å². The molecule has 0 heterocycles. The van der Waals surface area contributed by atoms with Gasteiger partial charge >= 0.3 is 5.97 Å². The molecule has 0 unspecified atom stereocenters. The van der Waals surface area contributed by atoms with Crippen molar-refractivity contribution in [3.05, 3.63) is 24.3 Å². The lowest BCUT2D eigenvalue weighted by molar-refractivity contribution is -0.145. The molecule has 0 amide bonds. The SMILES string of the molecule is CCNS(=O)(=O)c1ccc(OCC(=O)OCC)cc1. The Balaban J connectivity index is 2.64. The van der Waals surface area contributed by atoms with E-state index in [2.05, 4.69) is 4.72 Å². The molecule has 0 aliphatic rings. The number of esters is 1. The molecule has 0 atom stereocenters. The molecule has 1 aromatic carbocycles. The van der Waals surface area contributed by atoms with E-state index >= 15 is 0 Å². The Morgan fingerprint density at radius 1 is 1.21 bits per heavy atom. The van der Waals surface area contributed by atoms with E-state index in [1.807, 2.05) is 0 Å². The zero-order chi connectivity index (χ0) is 14.3. The molecular weight excluding hydrogens is 270 g/mol. The molecule has 7 heteroatoms. The van der Waals surface area contributed by atoms with Crippen molar-refractivity contribution in [2.45, 2.75) is 18.7 Å². The molecule has 0 saturated carbocycles. The number of sulfonamides is 1. The highest BCUT2D eigenvalue weighted by Crippen LogP contribution is 2.15. The number of nitrogens with one attached hydrogen (secondary N) is 1. The third kappa shape index (κ3) is 4.88. The van der Waals surface area contributed by atoms with Crippen LogP contribution in [0, 0.1) is 0 Å². The second kappa shape index (κ2) is 7.10. The normalized spacial score (nSPS) is 11.1. The molecule has 0 aromatic heterocycles. The number of ether oxygens (including phenoxy) is 2. The van der Waals surface area contributed by atoms with Gasteiger partial charge in [-0.2, -0.15) is 0 Å². The molecule has 1 N–H and O–H groups in total. The predicted octanol–water partition coefficient (Wildman–Crippen LogP) is 0.927. The van der Waals surface area contributed by atoms with E-state index in [9.17, 15) is 13.2 Å². The summed E-state index contributed by atoms with van der Waals surface area (Å²) < 4.78 is 35.6. The van der Waals surface area contributed by atoms with Crippen LogP contribution in [0.2, 0.25) is 0 Å². The van der Waals surface area contributed by atoms with Gasteiger partial charge in [0.25, 0.3) is 0 Å². The van der Waals surface area contributed by atoms with Crippen LogP contribution in [-0.4, -0.2) is 34.1 Å². The van der Waals surface area contributed by atoms with Gasteiger partial charge in [0.15, 0.2) is 6.61 Å². The van der Waals surface area contributed by atoms with Gasteiger partial charge in [-0.15, -0.1) is 0 Å². The maximum Gasteiger partial charge on any atom is 0.344 e. The molecule has 0 aliphatic carbocycles. The first-order valence-electron chi connectivity index (χ1n) is 5.87. The monoisotopic (exact) mass is 287 g/mol. The molecule has 1 rings (SSSR count). The maximum atomic E-state index is 11.7. The van der Waals surface area contributed by atoms with Gasteiger partial charge in [0.05, 0.1) is 11.5 Å². The zero-order valence-corrected chi connectivity index (χ0v) is 11.7. The van der Waals surface area contributed by atoms with Crippen LogP contribution in [0.15, 0.2) is 29.2 Å². The number of carbonyl (C=O) groups is 1. The fourth-order valence-electron chi connectivity index (χ4n) is 1.33. The second-order valence-corrected chi connectivity index (χ2v) is 5.33. The third-order valence-electron chi connectivity index (χ3n) is 2.13. The Morgan fingerprint density at radius 3 is 2.37 bits per heavy atom. The van der Waals surface area contributed by atoms with E-state index < -0.39 is 16.0 Å². The van der Waals surface area contributed by atoms with Gasteiger partial charge in [-0.05, 0) is 31.2 Å². The number of hydrogen-bond donors (Lipinski definition) is 1. The summed E-state index contributed by atoms with van der Waals surface area (Å²) in [5, 5.41) is 0. The lowest BCUT2D eigenvalue weighted by Gasteiger charge is -2.07. The molecule has 19 heavy (non-hydrogen) atoms. The van der Waals surface area contributed by atoms with Gasteiger partial charge in [-0.3, -0.25) is 0 Å². The topological polar surface area (TPSA) is 81.7 Å².